The summed E-state index contributed by atoms with van der Waals surface area (Å²) in [5.74, 6) is 1.48. The Balaban J connectivity index is 1.93. The monoisotopic (exact) mass is 230 g/mol. The van der Waals surface area contributed by atoms with Gasteiger partial charge in [-0.15, -0.1) is 0 Å². The molecule has 0 aromatic rings. The fourth-order valence-electron chi connectivity index (χ4n) is 2.39. The molecule has 0 radical (unpaired) electrons. The van der Waals surface area contributed by atoms with Gasteiger partial charge in [0.15, 0.2) is 0 Å². The Morgan fingerprint density at radius 2 is 1.93 bits per heavy atom. The predicted molar refractivity (Wildman–Crippen MR) is 59.8 cm³/mol. The molecule has 2 unspecified atom stereocenters. The van der Waals surface area contributed by atoms with Gasteiger partial charge in [-0.05, 0) is 12.8 Å². The molecule has 2 atom stereocenters. The molecular formula is C10H18N2O2S. The maximum Gasteiger partial charge on any atom is 0.227 e. The molecule has 2 N–H and O–H groups in total. The van der Waals surface area contributed by atoms with Crippen LogP contribution in [-0.2, 0) is 15.6 Å². The van der Waals surface area contributed by atoms with Crippen molar-refractivity contribution in [2.45, 2.75) is 25.3 Å². The Kier molecular flexibility index (Phi) is 3.41. The Morgan fingerprint density at radius 3 is 2.47 bits per heavy atom. The van der Waals surface area contributed by atoms with E-state index in [-0.39, 0.29) is 17.9 Å². The summed E-state index contributed by atoms with van der Waals surface area (Å²) >= 11 is 0. The number of carbonyl (C=O) groups excluding carboxylic acids is 1. The molecule has 4 nitrogen and oxygen atoms in total. The minimum Gasteiger partial charge on any atom is -0.341 e. The molecule has 0 spiro atoms. The minimum absolute atomic E-state index is 0.0246. The predicted octanol–water partition coefficient (Wildman–Crippen LogP) is -0.295. The van der Waals surface area contributed by atoms with E-state index >= 15 is 0 Å². The minimum atomic E-state index is -0.713. The number of hydrogen-bond acceptors (Lipinski definition) is 3. The number of carbonyl (C=O) groups is 1. The molecule has 0 aromatic heterocycles. The Labute approximate surface area is 92.6 Å². The van der Waals surface area contributed by atoms with Crippen molar-refractivity contribution >= 4 is 16.7 Å². The lowest BCUT2D eigenvalue weighted by molar-refractivity contribution is -0.135. The van der Waals surface area contributed by atoms with E-state index in [9.17, 15) is 9.00 Å². The Morgan fingerprint density at radius 1 is 1.27 bits per heavy atom. The molecule has 1 aliphatic carbocycles. The molecular weight excluding hydrogens is 212 g/mol. The summed E-state index contributed by atoms with van der Waals surface area (Å²) in [5, 5.41) is 0. The highest BCUT2D eigenvalue weighted by Gasteiger charge is 2.34. The molecule has 0 aromatic carbocycles. The SMILES string of the molecule is NC1CCCC1C(=O)N1CCS(=O)CC1. The lowest BCUT2D eigenvalue weighted by Gasteiger charge is -2.30. The van der Waals surface area contributed by atoms with E-state index < -0.39 is 10.8 Å². The highest BCUT2D eigenvalue weighted by atomic mass is 32.2. The van der Waals surface area contributed by atoms with Crippen molar-refractivity contribution in [1.82, 2.24) is 4.90 Å². The molecule has 1 saturated carbocycles. The molecule has 2 aliphatic rings. The molecule has 86 valence electrons. The van der Waals surface area contributed by atoms with Gasteiger partial charge in [-0.25, -0.2) is 0 Å². The first kappa shape index (κ1) is 11.1. The highest BCUT2D eigenvalue weighted by molar-refractivity contribution is 7.85. The second-order valence-corrected chi connectivity index (χ2v) is 6.07. The van der Waals surface area contributed by atoms with Crippen LogP contribution in [0.5, 0.6) is 0 Å². The summed E-state index contributed by atoms with van der Waals surface area (Å²) in [6, 6.07) is 0.0462. The number of nitrogens with zero attached hydrogens (tertiary/aromatic N) is 1. The van der Waals surface area contributed by atoms with Crippen LogP contribution in [0.25, 0.3) is 0 Å². The van der Waals surface area contributed by atoms with Crippen LogP contribution in [0.15, 0.2) is 0 Å². The second kappa shape index (κ2) is 4.61. The van der Waals surface area contributed by atoms with E-state index in [4.69, 9.17) is 5.73 Å². The molecule has 1 heterocycles. The number of amides is 1. The Hall–Kier alpha value is -0.420. The maximum atomic E-state index is 12.1. The van der Waals surface area contributed by atoms with Crippen molar-refractivity contribution in [1.29, 1.82) is 0 Å². The van der Waals surface area contributed by atoms with Gasteiger partial charge in [-0.3, -0.25) is 9.00 Å². The molecule has 0 bridgehead atoms. The zero-order chi connectivity index (χ0) is 10.8. The number of rotatable bonds is 1. The van der Waals surface area contributed by atoms with Crippen molar-refractivity contribution in [3.63, 3.8) is 0 Å². The molecule has 1 saturated heterocycles. The summed E-state index contributed by atoms with van der Waals surface area (Å²) in [7, 11) is -0.713. The van der Waals surface area contributed by atoms with Crippen molar-refractivity contribution in [3.8, 4) is 0 Å². The van der Waals surface area contributed by atoms with Crippen LogP contribution in [0.1, 0.15) is 19.3 Å². The van der Waals surface area contributed by atoms with Crippen molar-refractivity contribution in [2.24, 2.45) is 11.7 Å². The van der Waals surface area contributed by atoms with E-state index in [1.54, 1.807) is 0 Å². The van der Waals surface area contributed by atoms with Crippen molar-refractivity contribution < 1.29 is 9.00 Å². The standard InChI is InChI=1S/C10H18N2O2S/c11-9-3-1-2-8(9)10(13)12-4-6-15(14)7-5-12/h8-9H,1-7,11H2. The second-order valence-electron chi connectivity index (χ2n) is 4.37. The van der Waals surface area contributed by atoms with Crippen LogP contribution in [0.4, 0.5) is 0 Å². The van der Waals surface area contributed by atoms with Crippen LogP contribution < -0.4 is 5.73 Å². The molecule has 1 aliphatic heterocycles. The van der Waals surface area contributed by atoms with Gasteiger partial charge < -0.3 is 10.6 Å². The lowest BCUT2D eigenvalue weighted by Crippen LogP contribution is -2.47. The largest absolute Gasteiger partial charge is 0.341 e. The van der Waals surface area contributed by atoms with Crippen molar-refractivity contribution in [2.75, 3.05) is 24.6 Å². The van der Waals surface area contributed by atoms with Crippen LogP contribution in [0.3, 0.4) is 0 Å². The summed E-state index contributed by atoms with van der Waals surface area (Å²) in [4.78, 5) is 13.9. The summed E-state index contributed by atoms with van der Waals surface area (Å²) in [6.07, 6.45) is 2.97. The van der Waals surface area contributed by atoms with Gasteiger partial charge in [0.05, 0.1) is 5.92 Å². The number of nitrogens with two attached hydrogens (primary N) is 1. The quantitative estimate of drug-likeness (QED) is 0.673. The van der Waals surface area contributed by atoms with Gasteiger partial charge in [0.2, 0.25) is 5.91 Å². The van der Waals surface area contributed by atoms with E-state index in [1.165, 1.54) is 0 Å². The van der Waals surface area contributed by atoms with E-state index in [0.29, 0.717) is 24.6 Å². The third kappa shape index (κ3) is 2.39. The normalized spacial score (nSPS) is 33.3. The summed E-state index contributed by atoms with van der Waals surface area (Å²) in [6.45, 7) is 1.29. The van der Waals surface area contributed by atoms with Gasteiger partial charge in [0, 0.05) is 41.4 Å². The zero-order valence-corrected chi connectivity index (χ0v) is 9.67. The molecule has 5 heteroatoms. The zero-order valence-electron chi connectivity index (χ0n) is 8.85. The first-order valence-corrected chi connectivity index (χ1v) is 7.06. The molecule has 1 amide bonds. The maximum absolute atomic E-state index is 12.1. The first-order valence-electron chi connectivity index (χ1n) is 5.58. The Bertz CT molecular complexity index is 273. The third-order valence-corrected chi connectivity index (χ3v) is 4.65. The smallest absolute Gasteiger partial charge is 0.227 e. The van der Waals surface area contributed by atoms with Crippen LogP contribution in [0.2, 0.25) is 0 Å². The van der Waals surface area contributed by atoms with Crippen LogP contribution in [-0.4, -0.2) is 45.7 Å². The van der Waals surface area contributed by atoms with Crippen molar-refractivity contribution in [3.05, 3.63) is 0 Å². The van der Waals surface area contributed by atoms with Gasteiger partial charge in [0.1, 0.15) is 0 Å². The molecule has 2 fully saturated rings. The third-order valence-electron chi connectivity index (χ3n) is 3.38. The lowest BCUT2D eigenvalue weighted by atomic mass is 10.0. The fraction of sp³-hybridized carbons (Fsp3) is 0.900. The average Bonchev–Trinajstić information content (AvgIpc) is 2.65. The van der Waals surface area contributed by atoms with Gasteiger partial charge in [-0.2, -0.15) is 0 Å². The van der Waals surface area contributed by atoms with E-state index in [2.05, 4.69) is 0 Å². The highest BCUT2D eigenvalue weighted by Crippen LogP contribution is 2.26. The van der Waals surface area contributed by atoms with Crippen LogP contribution >= 0.6 is 0 Å². The van der Waals surface area contributed by atoms with E-state index in [0.717, 1.165) is 19.3 Å². The van der Waals surface area contributed by atoms with Crippen LogP contribution in [0, 0.1) is 5.92 Å². The average molecular weight is 230 g/mol. The molecule has 15 heavy (non-hydrogen) atoms. The molecule has 2 rings (SSSR count). The topological polar surface area (TPSA) is 63.4 Å². The fourth-order valence-corrected chi connectivity index (χ4v) is 3.44. The van der Waals surface area contributed by atoms with Gasteiger partial charge in [-0.1, -0.05) is 6.42 Å². The summed E-state index contributed by atoms with van der Waals surface area (Å²) in [5.41, 5.74) is 5.91. The van der Waals surface area contributed by atoms with E-state index in [1.807, 2.05) is 4.90 Å². The van der Waals surface area contributed by atoms with Gasteiger partial charge in [0.25, 0.3) is 0 Å². The number of hydrogen-bond donors (Lipinski definition) is 1. The first-order chi connectivity index (χ1) is 7.18. The summed E-state index contributed by atoms with van der Waals surface area (Å²) < 4.78 is 11.2. The van der Waals surface area contributed by atoms with Gasteiger partial charge >= 0.3 is 0 Å².